The quantitative estimate of drug-likeness (QED) is 0.878. The van der Waals surface area contributed by atoms with E-state index in [4.69, 9.17) is 5.73 Å². The number of benzene rings is 1. The lowest BCUT2D eigenvalue weighted by molar-refractivity contribution is -0.114. The third-order valence-corrected chi connectivity index (χ3v) is 3.60. The van der Waals surface area contributed by atoms with E-state index in [1.54, 1.807) is 24.5 Å². The first-order valence-corrected chi connectivity index (χ1v) is 7.02. The molecular weight excluding hydrogens is 274 g/mol. The number of amides is 1. The Labute approximate surface area is 129 Å². The Morgan fingerprint density at radius 2 is 2.05 bits per heavy atom. The Morgan fingerprint density at radius 1 is 1.36 bits per heavy atom. The molecule has 1 heterocycles. The van der Waals surface area contributed by atoms with Gasteiger partial charge in [-0.2, -0.15) is 5.26 Å². The molecule has 22 heavy (non-hydrogen) atoms. The summed E-state index contributed by atoms with van der Waals surface area (Å²) in [6.45, 7) is 3.85. The van der Waals surface area contributed by atoms with Gasteiger partial charge in [-0.05, 0) is 65.9 Å². The highest BCUT2D eigenvalue weighted by Gasteiger charge is 2.10. The molecule has 4 heteroatoms. The second-order valence-corrected chi connectivity index (χ2v) is 4.97. The first-order valence-electron chi connectivity index (χ1n) is 7.02. The van der Waals surface area contributed by atoms with E-state index in [0.717, 1.165) is 22.3 Å². The predicted molar refractivity (Wildman–Crippen MR) is 86.6 cm³/mol. The Bertz CT molecular complexity index is 771. The predicted octanol–water partition coefficient (Wildman–Crippen LogP) is 3.21. The zero-order valence-corrected chi connectivity index (χ0v) is 12.6. The van der Waals surface area contributed by atoms with E-state index < -0.39 is 5.91 Å². The van der Waals surface area contributed by atoms with Crippen molar-refractivity contribution in [2.24, 2.45) is 5.73 Å². The molecule has 2 N–H and O–H groups in total. The second kappa shape index (κ2) is 6.68. The number of carbonyl (C=O) groups excluding carboxylic acids is 1. The Balaban J connectivity index is 2.67. The first kappa shape index (κ1) is 15.5. The molecule has 0 aliphatic heterocycles. The van der Waals surface area contributed by atoms with Crippen molar-refractivity contribution >= 4 is 12.0 Å². The van der Waals surface area contributed by atoms with Crippen LogP contribution in [-0.2, 0) is 4.79 Å². The average Bonchev–Trinajstić information content (AvgIpc) is 2.54. The van der Waals surface area contributed by atoms with Gasteiger partial charge in [0.25, 0.3) is 0 Å². The zero-order chi connectivity index (χ0) is 16.1. The van der Waals surface area contributed by atoms with Crippen LogP contribution < -0.4 is 5.73 Å². The van der Waals surface area contributed by atoms with Gasteiger partial charge in [0.2, 0.25) is 5.91 Å². The van der Waals surface area contributed by atoms with Crippen molar-refractivity contribution in [3.8, 4) is 17.2 Å². The minimum Gasteiger partial charge on any atom is -0.366 e. The van der Waals surface area contributed by atoms with Crippen molar-refractivity contribution in [1.29, 1.82) is 5.26 Å². The minimum atomic E-state index is -0.435. The molecule has 0 saturated carbocycles. The van der Waals surface area contributed by atoms with E-state index in [2.05, 4.69) is 11.1 Å². The van der Waals surface area contributed by atoms with E-state index >= 15 is 0 Å². The highest BCUT2D eigenvalue weighted by molar-refractivity contribution is 5.97. The first-order chi connectivity index (χ1) is 10.6. The molecule has 0 atom stereocenters. The number of hydrogen-bond acceptors (Lipinski definition) is 3. The van der Waals surface area contributed by atoms with Crippen molar-refractivity contribution < 1.29 is 4.79 Å². The molecule has 0 saturated heterocycles. The molecule has 0 aliphatic rings. The lowest BCUT2D eigenvalue weighted by Crippen LogP contribution is -2.13. The number of nitriles is 1. The highest BCUT2D eigenvalue weighted by atomic mass is 16.1. The van der Waals surface area contributed by atoms with Gasteiger partial charge in [-0.3, -0.25) is 9.78 Å². The number of rotatable bonds is 4. The minimum absolute atomic E-state index is 0.435. The number of aromatic nitrogens is 1. The van der Waals surface area contributed by atoms with Crippen LogP contribution in [0.3, 0.4) is 0 Å². The number of carbonyl (C=O) groups is 1. The maximum Gasteiger partial charge on any atom is 0.244 e. The standard InChI is InChI=1S/C18H17N3O/c1-3-14(18(20)22)10-16-8-13(11-19)9-17(12(16)2)15-4-6-21-7-5-15/h4-10H,3H2,1-2H3,(H2,20,22)/b14-10+. The maximum atomic E-state index is 11.4. The lowest BCUT2D eigenvalue weighted by Gasteiger charge is -2.11. The summed E-state index contributed by atoms with van der Waals surface area (Å²) in [5.74, 6) is -0.435. The van der Waals surface area contributed by atoms with Crippen LogP contribution in [0.25, 0.3) is 17.2 Å². The van der Waals surface area contributed by atoms with Crippen LogP contribution in [0.1, 0.15) is 30.0 Å². The molecule has 0 fully saturated rings. The summed E-state index contributed by atoms with van der Waals surface area (Å²) in [5, 5.41) is 9.25. The number of nitrogens with two attached hydrogens (primary N) is 1. The molecule has 0 aliphatic carbocycles. The van der Waals surface area contributed by atoms with Crippen LogP contribution >= 0.6 is 0 Å². The molecular formula is C18H17N3O. The number of primary amides is 1. The fourth-order valence-electron chi connectivity index (χ4n) is 2.32. The van der Waals surface area contributed by atoms with Crippen molar-refractivity contribution in [2.75, 3.05) is 0 Å². The molecule has 110 valence electrons. The molecule has 0 radical (unpaired) electrons. The summed E-state index contributed by atoms with van der Waals surface area (Å²) in [6, 6.07) is 9.57. The van der Waals surface area contributed by atoms with Gasteiger partial charge in [-0.25, -0.2) is 0 Å². The lowest BCUT2D eigenvalue weighted by atomic mass is 9.93. The molecule has 0 unspecified atom stereocenters. The summed E-state index contributed by atoms with van der Waals surface area (Å²) in [7, 11) is 0. The van der Waals surface area contributed by atoms with E-state index in [0.29, 0.717) is 17.6 Å². The summed E-state index contributed by atoms with van der Waals surface area (Å²) in [5.41, 5.74) is 10.2. The normalized spacial score (nSPS) is 11.0. The summed E-state index contributed by atoms with van der Waals surface area (Å²) < 4.78 is 0. The van der Waals surface area contributed by atoms with E-state index in [1.807, 2.05) is 32.0 Å². The molecule has 1 amide bonds. The summed E-state index contributed by atoms with van der Waals surface area (Å²) in [4.78, 5) is 15.4. The molecule has 0 bridgehead atoms. The van der Waals surface area contributed by atoms with Gasteiger partial charge in [0.05, 0.1) is 11.6 Å². The number of nitrogens with zero attached hydrogens (tertiary/aromatic N) is 2. The van der Waals surface area contributed by atoms with Crippen molar-refractivity contribution in [1.82, 2.24) is 4.98 Å². The van der Waals surface area contributed by atoms with Gasteiger partial charge in [-0.15, -0.1) is 0 Å². The maximum absolute atomic E-state index is 11.4. The van der Waals surface area contributed by atoms with Crippen LogP contribution in [-0.4, -0.2) is 10.9 Å². The van der Waals surface area contributed by atoms with E-state index in [1.165, 1.54) is 0 Å². The highest BCUT2D eigenvalue weighted by Crippen LogP contribution is 2.28. The van der Waals surface area contributed by atoms with Crippen LogP contribution in [0, 0.1) is 18.3 Å². The molecule has 2 rings (SSSR count). The van der Waals surface area contributed by atoms with Gasteiger partial charge < -0.3 is 5.73 Å². The molecule has 4 nitrogen and oxygen atoms in total. The Kier molecular flexibility index (Phi) is 4.70. The third-order valence-electron chi connectivity index (χ3n) is 3.60. The molecule has 1 aromatic heterocycles. The SMILES string of the molecule is CC/C(=C\c1cc(C#N)cc(-c2ccncc2)c1C)C(N)=O. The van der Waals surface area contributed by atoms with Crippen LogP contribution in [0.4, 0.5) is 0 Å². The average molecular weight is 291 g/mol. The summed E-state index contributed by atoms with van der Waals surface area (Å²) >= 11 is 0. The monoisotopic (exact) mass is 291 g/mol. The fraction of sp³-hybridized carbons (Fsp3) is 0.167. The van der Waals surface area contributed by atoms with E-state index in [9.17, 15) is 10.1 Å². The number of hydrogen-bond donors (Lipinski definition) is 1. The molecule has 1 aromatic carbocycles. The van der Waals surface area contributed by atoms with Gasteiger partial charge in [0.1, 0.15) is 0 Å². The topological polar surface area (TPSA) is 79.8 Å². The third kappa shape index (κ3) is 3.21. The van der Waals surface area contributed by atoms with Crippen molar-refractivity contribution in [3.05, 3.63) is 58.9 Å². The van der Waals surface area contributed by atoms with Crippen LogP contribution in [0.2, 0.25) is 0 Å². The van der Waals surface area contributed by atoms with Gasteiger partial charge in [0, 0.05) is 18.0 Å². The molecule has 2 aromatic rings. The van der Waals surface area contributed by atoms with Gasteiger partial charge >= 0.3 is 0 Å². The molecule has 0 spiro atoms. The van der Waals surface area contributed by atoms with Crippen molar-refractivity contribution in [2.45, 2.75) is 20.3 Å². The Hall–Kier alpha value is -2.93. The summed E-state index contributed by atoms with van der Waals surface area (Å²) in [6.07, 6.45) is 5.74. The van der Waals surface area contributed by atoms with Gasteiger partial charge in [0.15, 0.2) is 0 Å². The van der Waals surface area contributed by atoms with Crippen molar-refractivity contribution in [3.63, 3.8) is 0 Å². The smallest absolute Gasteiger partial charge is 0.244 e. The zero-order valence-electron chi connectivity index (χ0n) is 12.6. The Morgan fingerprint density at radius 3 is 2.59 bits per heavy atom. The fourth-order valence-corrected chi connectivity index (χ4v) is 2.32. The van der Waals surface area contributed by atoms with Gasteiger partial charge in [-0.1, -0.05) is 6.92 Å². The van der Waals surface area contributed by atoms with Crippen LogP contribution in [0.15, 0.2) is 42.2 Å². The largest absolute Gasteiger partial charge is 0.366 e. The van der Waals surface area contributed by atoms with Crippen LogP contribution in [0.5, 0.6) is 0 Å². The second-order valence-electron chi connectivity index (χ2n) is 4.97. The van der Waals surface area contributed by atoms with E-state index in [-0.39, 0.29) is 0 Å². The number of pyridine rings is 1.